The Hall–Kier alpha value is -3.47. The van der Waals surface area contributed by atoms with Crippen LogP contribution in [0.4, 0.5) is 5.69 Å². The molecular formula is C24H25N3O2. The van der Waals surface area contributed by atoms with Gasteiger partial charge in [-0.3, -0.25) is 14.6 Å². The molecule has 1 heterocycles. The topological polar surface area (TPSA) is 71.1 Å². The number of nitrogens with zero attached hydrogens (tertiary/aromatic N) is 1. The van der Waals surface area contributed by atoms with Crippen molar-refractivity contribution in [2.45, 2.75) is 33.7 Å². The second-order valence-electron chi connectivity index (χ2n) is 7.01. The highest BCUT2D eigenvalue weighted by Gasteiger charge is 2.14. The summed E-state index contributed by atoms with van der Waals surface area (Å²) < 4.78 is 0. The van der Waals surface area contributed by atoms with Gasteiger partial charge >= 0.3 is 0 Å². The first-order valence-corrected chi connectivity index (χ1v) is 9.67. The second kappa shape index (κ2) is 9.15. The van der Waals surface area contributed by atoms with Gasteiger partial charge in [-0.1, -0.05) is 55.0 Å². The highest BCUT2D eigenvalue weighted by molar-refractivity contribution is 6.06. The van der Waals surface area contributed by atoms with Gasteiger partial charge in [-0.25, -0.2) is 0 Å². The molecule has 0 radical (unpaired) electrons. The van der Waals surface area contributed by atoms with E-state index in [1.165, 1.54) is 17.8 Å². The van der Waals surface area contributed by atoms with E-state index in [-0.39, 0.29) is 17.5 Å². The van der Waals surface area contributed by atoms with Crippen molar-refractivity contribution in [3.8, 4) is 0 Å². The Labute approximate surface area is 171 Å². The first-order valence-electron chi connectivity index (χ1n) is 9.67. The molecule has 2 N–H and O–H groups in total. The number of hydrogen-bond acceptors (Lipinski definition) is 3. The van der Waals surface area contributed by atoms with Crippen molar-refractivity contribution in [1.82, 2.24) is 10.3 Å². The van der Waals surface area contributed by atoms with E-state index in [0.717, 1.165) is 28.8 Å². The fourth-order valence-electron chi connectivity index (χ4n) is 3.06. The van der Waals surface area contributed by atoms with Crippen molar-refractivity contribution < 1.29 is 9.59 Å². The maximum absolute atomic E-state index is 12.7. The van der Waals surface area contributed by atoms with E-state index in [2.05, 4.69) is 15.6 Å². The van der Waals surface area contributed by atoms with E-state index in [4.69, 9.17) is 0 Å². The molecule has 0 bridgehead atoms. The van der Waals surface area contributed by atoms with Gasteiger partial charge < -0.3 is 10.6 Å². The first-order chi connectivity index (χ1) is 14.0. The van der Waals surface area contributed by atoms with Gasteiger partial charge in [0.15, 0.2) is 0 Å². The van der Waals surface area contributed by atoms with Gasteiger partial charge in [0.05, 0.1) is 0 Å². The monoisotopic (exact) mass is 387 g/mol. The van der Waals surface area contributed by atoms with Gasteiger partial charge in [-0.15, -0.1) is 0 Å². The van der Waals surface area contributed by atoms with Crippen LogP contribution < -0.4 is 10.6 Å². The summed E-state index contributed by atoms with van der Waals surface area (Å²) in [4.78, 5) is 29.3. The fourth-order valence-corrected chi connectivity index (χ4v) is 3.06. The van der Waals surface area contributed by atoms with Crippen molar-refractivity contribution in [1.29, 1.82) is 0 Å². The highest BCUT2D eigenvalue weighted by Crippen LogP contribution is 2.22. The Morgan fingerprint density at radius 1 is 0.966 bits per heavy atom. The molecular weight excluding hydrogens is 362 g/mol. The molecule has 3 aromatic rings. The zero-order valence-corrected chi connectivity index (χ0v) is 17.0. The quantitative estimate of drug-likeness (QED) is 0.657. The number of carbonyl (C=O) groups excluding carboxylic acids is 2. The van der Waals surface area contributed by atoms with Crippen LogP contribution in [0.25, 0.3) is 0 Å². The molecule has 0 aliphatic carbocycles. The van der Waals surface area contributed by atoms with E-state index < -0.39 is 0 Å². The molecule has 148 valence electrons. The zero-order chi connectivity index (χ0) is 20.8. The van der Waals surface area contributed by atoms with Gasteiger partial charge in [0, 0.05) is 24.0 Å². The Kier molecular flexibility index (Phi) is 6.39. The summed E-state index contributed by atoms with van der Waals surface area (Å²) in [6.45, 7) is 6.43. The third kappa shape index (κ3) is 5.08. The molecule has 0 saturated carbocycles. The summed E-state index contributed by atoms with van der Waals surface area (Å²) in [5.74, 6) is -0.575. The number of rotatable bonds is 6. The molecule has 2 aromatic carbocycles. The first kappa shape index (κ1) is 20.3. The van der Waals surface area contributed by atoms with E-state index in [1.807, 2.05) is 63.2 Å². The minimum Gasteiger partial charge on any atom is -0.347 e. The van der Waals surface area contributed by atoms with Crippen molar-refractivity contribution in [3.05, 3.63) is 94.3 Å². The van der Waals surface area contributed by atoms with Crippen molar-refractivity contribution >= 4 is 17.5 Å². The predicted octanol–water partition coefficient (Wildman–Crippen LogP) is 4.44. The third-order valence-corrected chi connectivity index (χ3v) is 4.81. The number of benzene rings is 2. The molecule has 0 aliphatic heterocycles. The molecule has 0 saturated heterocycles. The highest BCUT2D eigenvalue weighted by atomic mass is 16.2. The largest absolute Gasteiger partial charge is 0.347 e. The van der Waals surface area contributed by atoms with Crippen molar-refractivity contribution in [2.75, 3.05) is 5.32 Å². The summed E-state index contributed by atoms with van der Waals surface area (Å²) in [6.07, 6.45) is 2.30. The normalized spacial score (nSPS) is 10.4. The number of para-hydroxylation sites is 1. The minimum atomic E-state index is -0.314. The van der Waals surface area contributed by atoms with Crippen LogP contribution >= 0.6 is 0 Å². The summed E-state index contributed by atoms with van der Waals surface area (Å²) in [5.41, 5.74) is 5.68. The Morgan fingerprint density at radius 3 is 2.45 bits per heavy atom. The molecule has 5 heteroatoms. The minimum absolute atomic E-state index is 0.213. The van der Waals surface area contributed by atoms with Crippen LogP contribution in [0.2, 0.25) is 0 Å². The second-order valence-corrected chi connectivity index (χ2v) is 7.01. The number of aryl methyl sites for hydroxylation is 3. The molecule has 2 amide bonds. The van der Waals surface area contributed by atoms with E-state index >= 15 is 0 Å². The lowest BCUT2D eigenvalue weighted by Gasteiger charge is -2.13. The van der Waals surface area contributed by atoms with Crippen LogP contribution in [0, 0.1) is 13.8 Å². The number of amides is 2. The number of nitrogens with one attached hydrogen (secondary N) is 2. The molecule has 1 aromatic heterocycles. The van der Waals surface area contributed by atoms with Crippen molar-refractivity contribution in [2.24, 2.45) is 0 Å². The van der Waals surface area contributed by atoms with Crippen LogP contribution in [0.1, 0.15) is 50.0 Å². The lowest BCUT2D eigenvalue weighted by molar-refractivity contribution is 0.0946. The molecule has 0 fully saturated rings. The molecule has 0 aliphatic rings. The summed E-state index contributed by atoms with van der Waals surface area (Å²) in [7, 11) is 0. The molecule has 0 unspecified atom stereocenters. The average Bonchev–Trinajstić information content (AvgIpc) is 2.74. The number of carbonyl (C=O) groups is 2. The van der Waals surface area contributed by atoms with Crippen LogP contribution in [0.15, 0.2) is 60.8 Å². The van der Waals surface area contributed by atoms with E-state index in [9.17, 15) is 9.59 Å². The van der Waals surface area contributed by atoms with E-state index in [1.54, 1.807) is 6.07 Å². The molecule has 29 heavy (non-hydrogen) atoms. The predicted molar refractivity (Wildman–Crippen MR) is 115 cm³/mol. The summed E-state index contributed by atoms with van der Waals surface area (Å²) in [5, 5.41) is 5.82. The van der Waals surface area contributed by atoms with Crippen molar-refractivity contribution in [3.63, 3.8) is 0 Å². The molecule has 0 spiro atoms. The van der Waals surface area contributed by atoms with Crippen LogP contribution in [0.3, 0.4) is 0 Å². The Balaban J connectivity index is 1.71. The number of anilines is 1. The van der Waals surface area contributed by atoms with Crippen LogP contribution in [-0.2, 0) is 13.0 Å². The standard InChI is InChI=1S/C24H25N3O2/c1-4-19-7-5-6-17(3)22(19)27-23(28)20-12-13-25-21(14-20)24(29)26-15-18-10-8-16(2)9-11-18/h5-14H,4,15H2,1-3H3,(H,26,29)(H,27,28). The molecule has 3 rings (SSSR count). The summed E-state index contributed by atoms with van der Waals surface area (Å²) >= 11 is 0. The average molecular weight is 387 g/mol. The zero-order valence-electron chi connectivity index (χ0n) is 17.0. The summed E-state index contributed by atoms with van der Waals surface area (Å²) in [6, 6.07) is 17.0. The van der Waals surface area contributed by atoms with Gasteiger partial charge in [-0.2, -0.15) is 0 Å². The SMILES string of the molecule is CCc1cccc(C)c1NC(=O)c1ccnc(C(=O)NCc2ccc(C)cc2)c1. The fraction of sp³-hybridized carbons (Fsp3) is 0.208. The number of aromatic nitrogens is 1. The lowest BCUT2D eigenvalue weighted by Crippen LogP contribution is -2.24. The van der Waals surface area contributed by atoms with Gasteiger partial charge in [0.1, 0.15) is 5.69 Å². The Bertz CT molecular complexity index is 1030. The lowest BCUT2D eigenvalue weighted by atomic mass is 10.1. The van der Waals surface area contributed by atoms with Crippen LogP contribution in [0.5, 0.6) is 0 Å². The third-order valence-electron chi connectivity index (χ3n) is 4.81. The molecule has 0 atom stereocenters. The van der Waals surface area contributed by atoms with Gasteiger partial charge in [-0.05, 0) is 49.1 Å². The van der Waals surface area contributed by atoms with Crippen LogP contribution in [-0.4, -0.2) is 16.8 Å². The van der Waals surface area contributed by atoms with Gasteiger partial charge in [0.25, 0.3) is 11.8 Å². The smallest absolute Gasteiger partial charge is 0.270 e. The van der Waals surface area contributed by atoms with Gasteiger partial charge in [0.2, 0.25) is 0 Å². The Morgan fingerprint density at radius 2 is 1.72 bits per heavy atom. The number of pyridine rings is 1. The van der Waals surface area contributed by atoms with E-state index in [0.29, 0.717) is 12.1 Å². The molecule has 5 nitrogen and oxygen atoms in total. The maximum atomic E-state index is 12.7. The number of hydrogen-bond donors (Lipinski definition) is 2. The maximum Gasteiger partial charge on any atom is 0.270 e.